The Labute approximate surface area is 209 Å². The first-order valence-corrected chi connectivity index (χ1v) is 11.6. The molecule has 1 aromatic heterocycles. The minimum atomic E-state index is -0.802. The molecule has 1 aliphatic rings. The van der Waals surface area contributed by atoms with Crippen molar-refractivity contribution in [3.8, 4) is 0 Å². The molecule has 10 heteroatoms. The largest absolute Gasteiger partial charge is 0.466 e. The summed E-state index contributed by atoms with van der Waals surface area (Å²) in [7, 11) is 3.86. The summed E-state index contributed by atoms with van der Waals surface area (Å²) >= 11 is 1.18. The maximum absolute atomic E-state index is 13.6. The quantitative estimate of drug-likeness (QED) is 0.384. The Hall–Kier alpha value is -4.31. The van der Waals surface area contributed by atoms with Crippen LogP contribution >= 0.6 is 11.3 Å². The van der Waals surface area contributed by atoms with E-state index in [4.69, 9.17) is 14.2 Å². The zero-order chi connectivity index (χ0) is 26.0. The molecule has 2 aromatic carbocycles. The predicted molar refractivity (Wildman–Crippen MR) is 131 cm³/mol. The Kier molecular flexibility index (Phi) is 6.98. The monoisotopic (exact) mass is 506 g/mol. The van der Waals surface area contributed by atoms with Crippen LogP contribution in [0.4, 0.5) is 0 Å². The van der Waals surface area contributed by atoms with Crippen molar-refractivity contribution in [3.05, 3.63) is 102 Å². The number of esters is 3. The van der Waals surface area contributed by atoms with Crippen LogP contribution in [0.2, 0.25) is 0 Å². The van der Waals surface area contributed by atoms with E-state index in [1.54, 1.807) is 61.5 Å². The molecule has 0 unspecified atom stereocenters. The Morgan fingerprint density at radius 3 is 1.92 bits per heavy atom. The number of benzene rings is 2. The first-order valence-electron chi connectivity index (χ1n) is 10.8. The van der Waals surface area contributed by atoms with Crippen LogP contribution in [0.3, 0.4) is 0 Å². The highest BCUT2D eigenvalue weighted by atomic mass is 32.1. The normalized spacial score (nSPS) is 15.1. The minimum Gasteiger partial charge on any atom is -0.466 e. The van der Waals surface area contributed by atoms with E-state index in [0.717, 1.165) is 0 Å². The standard InChI is InChI=1S/C26H22N2O7S/c1-14-20(25(32)35-4)21(16-9-11-18(12-10-16)24(31)34-3)28-22(29)19(36-26(28)27-14)13-15-5-7-17(8-6-15)23(30)33-2/h5-13,21H,1-4H3/b19-13-/t21-/m1/s1. The molecule has 1 aliphatic heterocycles. The molecule has 0 N–H and O–H groups in total. The lowest BCUT2D eigenvalue weighted by Gasteiger charge is -2.24. The number of hydrogen-bond donors (Lipinski definition) is 0. The maximum Gasteiger partial charge on any atom is 0.338 e. The van der Waals surface area contributed by atoms with E-state index in [1.807, 2.05) is 0 Å². The van der Waals surface area contributed by atoms with E-state index in [-0.39, 0.29) is 11.1 Å². The average Bonchev–Trinajstić information content (AvgIpc) is 3.21. The van der Waals surface area contributed by atoms with Crippen LogP contribution in [0, 0.1) is 0 Å². The second kappa shape index (κ2) is 10.1. The molecule has 0 spiro atoms. The summed E-state index contributed by atoms with van der Waals surface area (Å²) in [5, 5.41) is 0. The first kappa shape index (κ1) is 24.8. The van der Waals surface area contributed by atoms with E-state index in [0.29, 0.717) is 37.3 Å². The number of nitrogens with zero attached hydrogens (tertiary/aromatic N) is 2. The molecule has 0 saturated carbocycles. The van der Waals surface area contributed by atoms with Crippen molar-refractivity contribution in [1.82, 2.24) is 4.57 Å². The van der Waals surface area contributed by atoms with Gasteiger partial charge in [-0.2, -0.15) is 0 Å². The topological polar surface area (TPSA) is 113 Å². The highest BCUT2D eigenvalue weighted by Gasteiger charge is 2.33. The second-order valence-electron chi connectivity index (χ2n) is 7.80. The number of carbonyl (C=O) groups excluding carboxylic acids is 3. The summed E-state index contributed by atoms with van der Waals surface area (Å²) < 4.78 is 16.3. The third kappa shape index (κ3) is 4.50. The highest BCUT2D eigenvalue weighted by molar-refractivity contribution is 7.07. The van der Waals surface area contributed by atoms with Crippen LogP contribution in [0.15, 0.2) is 69.6 Å². The number of methoxy groups -OCH3 is 3. The number of fused-ring (bicyclic) bond motifs is 1. The Bertz CT molecular complexity index is 1560. The van der Waals surface area contributed by atoms with Crippen LogP contribution in [-0.2, 0) is 19.0 Å². The van der Waals surface area contributed by atoms with E-state index in [2.05, 4.69) is 4.99 Å². The molecular formula is C26H22N2O7S. The van der Waals surface area contributed by atoms with Crippen molar-refractivity contribution in [3.63, 3.8) is 0 Å². The lowest BCUT2D eigenvalue weighted by molar-refractivity contribution is -0.136. The van der Waals surface area contributed by atoms with Gasteiger partial charge < -0.3 is 14.2 Å². The van der Waals surface area contributed by atoms with Gasteiger partial charge >= 0.3 is 17.9 Å². The number of hydrogen-bond acceptors (Lipinski definition) is 9. The number of carbonyl (C=O) groups is 3. The second-order valence-corrected chi connectivity index (χ2v) is 8.81. The summed E-state index contributed by atoms with van der Waals surface area (Å²) in [6.07, 6.45) is 1.69. The minimum absolute atomic E-state index is 0.227. The van der Waals surface area contributed by atoms with Crippen molar-refractivity contribution < 1.29 is 28.6 Å². The van der Waals surface area contributed by atoms with Gasteiger partial charge in [-0.05, 0) is 48.4 Å². The Morgan fingerprint density at radius 1 is 0.861 bits per heavy atom. The van der Waals surface area contributed by atoms with E-state index >= 15 is 0 Å². The Morgan fingerprint density at radius 2 is 1.39 bits per heavy atom. The molecule has 9 nitrogen and oxygen atoms in total. The van der Waals surface area contributed by atoms with E-state index in [9.17, 15) is 19.2 Å². The van der Waals surface area contributed by atoms with Crippen LogP contribution in [0.5, 0.6) is 0 Å². The molecule has 0 amide bonds. The number of aromatic nitrogens is 1. The van der Waals surface area contributed by atoms with Crippen LogP contribution in [0.1, 0.15) is 44.8 Å². The fourth-order valence-corrected chi connectivity index (χ4v) is 4.96. The zero-order valence-corrected chi connectivity index (χ0v) is 20.8. The van der Waals surface area contributed by atoms with Gasteiger partial charge in [-0.3, -0.25) is 9.36 Å². The summed E-state index contributed by atoms with van der Waals surface area (Å²) in [6.45, 7) is 1.69. The molecule has 0 fully saturated rings. The molecule has 184 valence electrons. The number of allylic oxidation sites excluding steroid dienone is 1. The molecule has 0 saturated heterocycles. The number of ether oxygens (including phenoxy) is 3. The van der Waals surface area contributed by atoms with Crippen LogP contribution in [0.25, 0.3) is 6.08 Å². The summed E-state index contributed by atoms with van der Waals surface area (Å²) in [6, 6.07) is 12.3. The molecule has 0 aliphatic carbocycles. The fourth-order valence-electron chi connectivity index (χ4n) is 3.91. The Balaban J connectivity index is 1.86. The lowest BCUT2D eigenvalue weighted by Crippen LogP contribution is -2.39. The molecule has 4 rings (SSSR count). The van der Waals surface area contributed by atoms with Gasteiger partial charge in [0.15, 0.2) is 4.80 Å². The first-order chi connectivity index (χ1) is 17.3. The van der Waals surface area contributed by atoms with Gasteiger partial charge in [-0.15, -0.1) is 0 Å². The van der Waals surface area contributed by atoms with Crippen molar-refractivity contribution >= 4 is 35.3 Å². The van der Waals surface area contributed by atoms with Gasteiger partial charge in [-0.25, -0.2) is 19.4 Å². The molecule has 0 radical (unpaired) electrons. The molecule has 1 atom stereocenters. The smallest absolute Gasteiger partial charge is 0.338 e. The van der Waals surface area contributed by atoms with Crippen molar-refractivity contribution in [1.29, 1.82) is 0 Å². The molecule has 2 heterocycles. The zero-order valence-electron chi connectivity index (χ0n) is 19.9. The molecule has 3 aromatic rings. The summed E-state index contributed by atoms with van der Waals surface area (Å²) in [4.78, 5) is 54.8. The predicted octanol–water partition coefficient (Wildman–Crippen LogP) is 1.98. The molecular weight excluding hydrogens is 484 g/mol. The van der Waals surface area contributed by atoms with Gasteiger partial charge in [0.25, 0.3) is 5.56 Å². The molecule has 36 heavy (non-hydrogen) atoms. The van der Waals surface area contributed by atoms with Gasteiger partial charge in [0.2, 0.25) is 0 Å². The maximum atomic E-state index is 13.6. The van der Waals surface area contributed by atoms with Crippen molar-refractivity contribution in [2.75, 3.05) is 21.3 Å². The number of thiazole rings is 1. The van der Waals surface area contributed by atoms with Crippen molar-refractivity contribution in [2.24, 2.45) is 4.99 Å². The SMILES string of the molecule is COC(=O)C1=C(C)N=c2s/c(=C\c3ccc(C(=O)OC)cc3)c(=O)n2[C@@H]1c1ccc(C(=O)OC)cc1. The third-order valence-corrected chi connectivity index (χ3v) is 6.69. The van der Waals surface area contributed by atoms with Gasteiger partial charge in [0, 0.05) is 0 Å². The van der Waals surface area contributed by atoms with Gasteiger partial charge in [0.05, 0.1) is 54.3 Å². The summed E-state index contributed by atoms with van der Waals surface area (Å²) in [5.74, 6) is -1.56. The third-order valence-electron chi connectivity index (χ3n) is 5.70. The van der Waals surface area contributed by atoms with E-state index in [1.165, 1.54) is 37.2 Å². The van der Waals surface area contributed by atoms with Crippen LogP contribution in [-0.4, -0.2) is 43.8 Å². The van der Waals surface area contributed by atoms with Crippen molar-refractivity contribution in [2.45, 2.75) is 13.0 Å². The lowest BCUT2D eigenvalue weighted by atomic mass is 9.95. The fraction of sp³-hybridized carbons (Fsp3) is 0.192. The van der Waals surface area contributed by atoms with E-state index < -0.39 is 23.9 Å². The summed E-state index contributed by atoms with van der Waals surface area (Å²) in [5.41, 5.74) is 2.35. The van der Waals surface area contributed by atoms with Gasteiger partial charge in [-0.1, -0.05) is 35.6 Å². The molecule has 0 bridgehead atoms. The number of rotatable bonds is 5. The van der Waals surface area contributed by atoms with Gasteiger partial charge in [0.1, 0.15) is 0 Å². The van der Waals surface area contributed by atoms with Crippen LogP contribution < -0.4 is 14.9 Å². The average molecular weight is 507 g/mol. The highest BCUT2D eigenvalue weighted by Crippen LogP contribution is 2.30.